The number of hydrogen-bond donors (Lipinski definition) is 1. The average Bonchev–Trinajstić information content (AvgIpc) is 2.76. The molecule has 0 aliphatic rings. The van der Waals surface area contributed by atoms with Gasteiger partial charge in [-0.25, -0.2) is 9.67 Å². The molecule has 102 valence electrons. The zero-order valence-corrected chi connectivity index (χ0v) is 11.7. The maximum atomic E-state index is 6.27. The summed E-state index contributed by atoms with van der Waals surface area (Å²) in [5.41, 5.74) is 8.31. The summed E-state index contributed by atoms with van der Waals surface area (Å²) >= 11 is 0. The predicted molar refractivity (Wildman–Crippen MR) is 74.5 cm³/mol. The van der Waals surface area contributed by atoms with Crippen molar-refractivity contribution in [2.45, 2.75) is 39.8 Å². The predicted octanol–water partition coefficient (Wildman–Crippen LogP) is 1.88. The molecule has 19 heavy (non-hydrogen) atoms. The second kappa shape index (κ2) is 5.93. The molecule has 1 unspecified atom stereocenters. The molecular formula is C14H21N5. The Morgan fingerprint density at radius 2 is 2.11 bits per heavy atom. The summed E-state index contributed by atoms with van der Waals surface area (Å²) in [5.74, 6) is 1.47. The Kier molecular flexibility index (Phi) is 4.27. The Labute approximate surface area is 113 Å². The van der Waals surface area contributed by atoms with Crippen LogP contribution >= 0.6 is 0 Å². The van der Waals surface area contributed by atoms with E-state index in [9.17, 15) is 0 Å². The first-order valence-corrected chi connectivity index (χ1v) is 6.61. The third-order valence-electron chi connectivity index (χ3n) is 3.08. The first kappa shape index (κ1) is 13.7. The summed E-state index contributed by atoms with van der Waals surface area (Å²) in [7, 11) is 0. The van der Waals surface area contributed by atoms with Crippen LogP contribution in [0.1, 0.15) is 37.0 Å². The maximum Gasteiger partial charge on any atom is 0.138 e. The van der Waals surface area contributed by atoms with Crippen LogP contribution in [0, 0.1) is 12.8 Å². The molecule has 0 saturated heterocycles. The van der Waals surface area contributed by atoms with Gasteiger partial charge in [-0.2, -0.15) is 5.10 Å². The fourth-order valence-electron chi connectivity index (χ4n) is 2.14. The van der Waals surface area contributed by atoms with Crippen LogP contribution in [0.3, 0.4) is 0 Å². The van der Waals surface area contributed by atoms with Crippen LogP contribution < -0.4 is 5.73 Å². The number of hydrogen-bond acceptors (Lipinski definition) is 4. The van der Waals surface area contributed by atoms with Gasteiger partial charge in [0.05, 0.1) is 0 Å². The smallest absolute Gasteiger partial charge is 0.138 e. The summed E-state index contributed by atoms with van der Waals surface area (Å²) < 4.78 is 1.94. The van der Waals surface area contributed by atoms with Gasteiger partial charge in [-0.1, -0.05) is 19.9 Å². The number of nitrogens with two attached hydrogens (primary N) is 1. The van der Waals surface area contributed by atoms with E-state index in [1.807, 2.05) is 23.7 Å². The normalized spacial score (nSPS) is 12.9. The van der Waals surface area contributed by atoms with Gasteiger partial charge >= 0.3 is 0 Å². The van der Waals surface area contributed by atoms with Crippen LogP contribution in [0.15, 0.2) is 24.7 Å². The van der Waals surface area contributed by atoms with Gasteiger partial charge in [0.1, 0.15) is 12.2 Å². The standard InChI is InChI=1S/C14H21N5/c1-10(2)8-19-14(17-9-18-19)7-13(15)12-5-4-6-16-11(12)3/h4-6,9-10,13H,7-8,15H2,1-3H3. The zero-order chi connectivity index (χ0) is 13.8. The monoisotopic (exact) mass is 259 g/mol. The van der Waals surface area contributed by atoms with Gasteiger partial charge < -0.3 is 5.73 Å². The van der Waals surface area contributed by atoms with E-state index in [1.165, 1.54) is 0 Å². The van der Waals surface area contributed by atoms with Gasteiger partial charge in [-0.3, -0.25) is 4.98 Å². The van der Waals surface area contributed by atoms with E-state index in [4.69, 9.17) is 5.73 Å². The summed E-state index contributed by atoms with van der Waals surface area (Å²) in [5, 5.41) is 4.26. The van der Waals surface area contributed by atoms with Crippen molar-refractivity contribution in [2.75, 3.05) is 0 Å². The summed E-state index contributed by atoms with van der Waals surface area (Å²) in [4.78, 5) is 8.59. The highest BCUT2D eigenvalue weighted by Crippen LogP contribution is 2.17. The molecule has 2 rings (SSSR count). The fourth-order valence-corrected chi connectivity index (χ4v) is 2.14. The van der Waals surface area contributed by atoms with E-state index < -0.39 is 0 Å². The van der Waals surface area contributed by atoms with Gasteiger partial charge in [0, 0.05) is 30.9 Å². The minimum Gasteiger partial charge on any atom is -0.324 e. The Morgan fingerprint density at radius 1 is 1.32 bits per heavy atom. The largest absolute Gasteiger partial charge is 0.324 e. The summed E-state index contributed by atoms with van der Waals surface area (Å²) in [6, 6.07) is 3.85. The highest BCUT2D eigenvalue weighted by Gasteiger charge is 2.14. The van der Waals surface area contributed by atoms with E-state index in [1.54, 1.807) is 12.5 Å². The van der Waals surface area contributed by atoms with Crippen LogP contribution in [0.5, 0.6) is 0 Å². The zero-order valence-electron chi connectivity index (χ0n) is 11.7. The Hall–Kier alpha value is -1.75. The van der Waals surface area contributed by atoms with Crippen LogP contribution in [0.4, 0.5) is 0 Å². The van der Waals surface area contributed by atoms with Gasteiger partial charge in [0.2, 0.25) is 0 Å². The lowest BCUT2D eigenvalue weighted by molar-refractivity contribution is 0.459. The molecular weight excluding hydrogens is 238 g/mol. The number of aryl methyl sites for hydroxylation is 1. The minimum absolute atomic E-state index is 0.0937. The van der Waals surface area contributed by atoms with Gasteiger partial charge in [-0.15, -0.1) is 0 Å². The van der Waals surface area contributed by atoms with Crippen molar-refractivity contribution < 1.29 is 0 Å². The topological polar surface area (TPSA) is 69.6 Å². The van der Waals surface area contributed by atoms with Gasteiger partial charge in [-0.05, 0) is 24.5 Å². The molecule has 0 saturated carbocycles. The van der Waals surface area contributed by atoms with E-state index in [2.05, 4.69) is 28.9 Å². The Bertz CT molecular complexity index is 532. The van der Waals surface area contributed by atoms with Crippen molar-refractivity contribution in [1.82, 2.24) is 19.7 Å². The molecule has 0 aliphatic heterocycles. The van der Waals surface area contributed by atoms with Crippen molar-refractivity contribution >= 4 is 0 Å². The highest BCUT2D eigenvalue weighted by molar-refractivity contribution is 5.23. The van der Waals surface area contributed by atoms with Gasteiger partial charge in [0.15, 0.2) is 0 Å². The second-order valence-electron chi connectivity index (χ2n) is 5.24. The van der Waals surface area contributed by atoms with Crippen molar-refractivity contribution in [3.05, 3.63) is 41.7 Å². The Balaban J connectivity index is 2.13. The van der Waals surface area contributed by atoms with E-state index in [-0.39, 0.29) is 6.04 Å². The lowest BCUT2D eigenvalue weighted by Gasteiger charge is -2.15. The molecule has 0 aromatic carbocycles. The molecule has 1 atom stereocenters. The third kappa shape index (κ3) is 3.38. The molecule has 0 bridgehead atoms. The quantitative estimate of drug-likeness (QED) is 0.890. The molecule has 0 fully saturated rings. The lowest BCUT2D eigenvalue weighted by Crippen LogP contribution is -2.19. The number of aromatic nitrogens is 4. The maximum absolute atomic E-state index is 6.27. The number of nitrogens with zero attached hydrogens (tertiary/aromatic N) is 4. The second-order valence-corrected chi connectivity index (χ2v) is 5.24. The highest BCUT2D eigenvalue weighted by atomic mass is 15.3. The number of pyridine rings is 1. The summed E-state index contributed by atoms with van der Waals surface area (Å²) in [6.07, 6.45) is 4.06. The molecule has 5 heteroatoms. The van der Waals surface area contributed by atoms with Crippen LogP contribution in [-0.2, 0) is 13.0 Å². The van der Waals surface area contributed by atoms with Crippen LogP contribution in [-0.4, -0.2) is 19.7 Å². The van der Waals surface area contributed by atoms with Crippen molar-refractivity contribution in [1.29, 1.82) is 0 Å². The molecule has 2 aromatic heterocycles. The molecule has 2 aromatic rings. The average molecular weight is 259 g/mol. The van der Waals surface area contributed by atoms with Crippen LogP contribution in [0.25, 0.3) is 0 Å². The molecule has 0 amide bonds. The fraction of sp³-hybridized carbons (Fsp3) is 0.500. The first-order valence-electron chi connectivity index (χ1n) is 6.61. The minimum atomic E-state index is -0.0937. The molecule has 2 heterocycles. The van der Waals surface area contributed by atoms with Crippen molar-refractivity contribution in [3.63, 3.8) is 0 Å². The molecule has 2 N–H and O–H groups in total. The molecule has 0 radical (unpaired) electrons. The molecule has 5 nitrogen and oxygen atoms in total. The SMILES string of the molecule is Cc1ncccc1C(N)Cc1ncnn1CC(C)C. The lowest BCUT2D eigenvalue weighted by atomic mass is 10.0. The van der Waals surface area contributed by atoms with E-state index in [0.29, 0.717) is 12.3 Å². The summed E-state index contributed by atoms with van der Waals surface area (Å²) in [6.45, 7) is 7.18. The van der Waals surface area contributed by atoms with E-state index in [0.717, 1.165) is 23.6 Å². The first-order chi connectivity index (χ1) is 9.08. The van der Waals surface area contributed by atoms with E-state index >= 15 is 0 Å². The van der Waals surface area contributed by atoms with Crippen molar-refractivity contribution in [3.8, 4) is 0 Å². The molecule has 0 aliphatic carbocycles. The third-order valence-corrected chi connectivity index (χ3v) is 3.08. The molecule has 0 spiro atoms. The van der Waals surface area contributed by atoms with Crippen molar-refractivity contribution in [2.24, 2.45) is 11.7 Å². The van der Waals surface area contributed by atoms with Crippen LogP contribution in [0.2, 0.25) is 0 Å². The number of rotatable bonds is 5. The Morgan fingerprint density at radius 3 is 2.79 bits per heavy atom. The van der Waals surface area contributed by atoms with Gasteiger partial charge in [0.25, 0.3) is 0 Å².